The molecule has 2 aromatic rings. The Morgan fingerprint density at radius 1 is 1.16 bits per heavy atom. The maximum Gasteiger partial charge on any atom is 0.252 e. The molecule has 2 amide bonds. The topological polar surface area (TPSA) is 76.0 Å². The third kappa shape index (κ3) is 7.40. The van der Waals surface area contributed by atoms with E-state index in [9.17, 15) is 9.59 Å². The molecule has 1 aromatic carbocycles. The smallest absolute Gasteiger partial charge is 0.252 e. The van der Waals surface area contributed by atoms with Crippen LogP contribution in [0.2, 0.25) is 0 Å². The molecule has 0 bridgehead atoms. The molecular weight excluding hydrogens is 420 g/mol. The SMILES string of the molecule is Cc1cc(C)n(CC(C)CNC(=O)c2ccccc2SCC(=O)NCC2CCCCC2)n1. The number of hydrogen-bond acceptors (Lipinski definition) is 4. The molecule has 1 atom stereocenters. The van der Waals surface area contributed by atoms with Crippen LogP contribution in [0.5, 0.6) is 0 Å². The Kier molecular flexibility index (Phi) is 9.21. The van der Waals surface area contributed by atoms with E-state index >= 15 is 0 Å². The first-order chi connectivity index (χ1) is 15.4. The number of benzene rings is 1. The van der Waals surface area contributed by atoms with Gasteiger partial charge >= 0.3 is 0 Å². The highest BCUT2D eigenvalue weighted by molar-refractivity contribution is 8.00. The highest BCUT2D eigenvalue weighted by Crippen LogP contribution is 2.24. The highest BCUT2D eigenvalue weighted by Gasteiger charge is 2.16. The van der Waals surface area contributed by atoms with E-state index in [2.05, 4.69) is 28.7 Å². The van der Waals surface area contributed by atoms with Gasteiger partial charge in [0, 0.05) is 30.2 Å². The molecule has 1 aromatic heterocycles. The minimum atomic E-state index is -0.101. The molecule has 174 valence electrons. The number of nitrogens with one attached hydrogen (secondary N) is 2. The molecule has 7 heteroatoms. The summed E-state index contributed by atoms with van der Waals surface area (Å²) in [7, 11) is 0. The summed E-state index contributed by atoms with van der Waals surface area (Å²) in [5, 5.41) is 10.6. The second kappa shape index (κ2) is 12.1. The van der Waals surface area contributed by atoms with Crippen molar-refractivity contribution < 1.29 is 9.59 Å². The van der Waals surface area contributed by atoms with Gasteiger partial charge < -0.3 is 10.6 Å². The molecule has 0 aliphatic heterocycles. The number of nitrogens with zero attached hydrogens (tertiary/aromatic N) is 2. The van der Waals surface area contributed by atoms with Crippen molar-refractivity contribution in [2.45, 2.75) is 64.3 Å². The van der Waals surface area contributed by atoms with E-state index in [4.69, 9.17) is 0 Å². The van der Waals surface area contributed by atoms with Gasteiger partial charge in [0.2, 0.25) is 5.91 Å². The quantitative estimate of drug-likeness (QED) is 0.521. The summed E-state index contributed by atoms with van der Waals surface area (Å²) in [4.78, 5) is 26.0. The molecule has 1 fully saturated rings. The van der Waals surface area contributed by atoms with Crippen LogP contribution in [0.15, 0.2) is 35.2 Å². The zero-order valence-electron chi connectivity index (χ0n) is 19.5. The van der Waals surface area contributed by atoms with E-state index < -0.39 is 0 Å². The van der Waals surface area contributed by atoms with Crippen LogP contribution in [0, 0.1) is 25.7 Å². The summed E-state index contributed by atoms with van der Waals surface area (Å²) in [6.07, 6.45) is 6.30. The summed E-state index contributed by atoms with van der Waals surface area (Å²) >= 11 is 1.42. The Labute approximate surface area is 195 Å². The van der Waals surface area contributed by atoms with Crippen LogP contribution < -0.4 is 10.6 Å². The van der Waals surface area contributed by atoms with Gasteiger partial charge in [0.05, 0.1) is 17.0 Å². The first kappa shape index (κ1) is 24.4. The molecule has 0 radical (unpaired) electrons. The first-order valence-corrected chi connectivity index (χ1v) is 12.7. The van der Waals surface area contributed by atoms with Gasteiger partial charge in [0.25, 0.3) is 5.91 Å². The number of carbonyl (C=O) groups excluding carboxylic acids is 2. The van der Waals surface area contributed by atoms with Crippen LogP contribution in [0.1, 0.15) is 60.8 Å². The normalized spacial score (nSPS) is 15.3. The first-order valence-electron chi connectivity index (χ1n) is 11.7. The van der Waals surface area contributed by atoms with Gasteiger partial charge in [0.1, 0.15) is 0 Å². The number of thioether (sulfide) groups is 1. The number of rotatable bonds is 10. The molecule has 1 unspecified atom stereocenters. The maximum atomic E-state index is 12.8. The molecule has 0 saturated heterocycles. The lowest BCUT2D eigenvalue weighted by Crippen LogP contribution is -2.32. The average molecular weight is 457 g/mol. The predicted molar refractivity (Wildman–Crippen MR) is 130 cm³/mol. The van der Waals surface area contributed by atoms with Gasteiger partial charge in [-0.3, -0.25) is 14.3 Å². The zero-order valence-corrected chi connectivity index (χ0v) is 20.3. The van der Waals surface area contributed by atoms with Gasteiger partial charge in [-0.05, 0) is 56.7 Å². The van der Waals surface area contributed by atoms with Gasteiger partial charge in [-0.25, -0.2) is 0 Å². The fourth-order valence-electron chi connectivity index (χ4n) is 4.21. The van der Waals surface area contributed by atoms with Crippen LogP contribution in [0.25, 0.3) is 0 Å². The molecule has 1 saturated carbocycles. The average Bonchev–Trinajstić information content (AvgIpc) is 3.11. The lowest BCUT2D eigenvalue weighted by Gasteiger charge is -2.21. The minimum Gasteiger partial charge on any atom is -0.355 e. The van der Waals surface area contributed by atoms with E-state index in [-0.39, 0.29) is 17.7 Å². The zero-order chi connectivity index (χ0) is 22.9. The van der Waals surface area contributed by atoms with Crippen molar-refractivity contribution in [3.05, 3.63) is 47.3 Å². The molecule has 3 rings (SSSR count). The standard InChI is InChI=1S/C25H36N4O2S/c1-18(16-29-20(3)13-19(2)28-29)14-27-25(31)22-11-7-8-12-23(22)32-17-24(30)26-15-21-9-5-4-6-10-21/h7-8,11-13,18,21H,4-6,9-10,14-17H2,1-3H3,(H,26,30)(H,27,31). The van der Waals surface area contributed by atoms with E-state index in [1.54, 1.807) is 0 Å². The second-order valence-electron chi connectivity index (χ2n) is 9.02. The van der Waals surface area contributed by atoms with E-state index in [1.807, 2.05) is 42.8 Å². The fourth-order valence-corrected chi connectivity index (χ4v) is 5.09. The number of hydrogen-bond donors (Lipinski definition) is 2. The van der Waals surface area contributed by atoms with Crippen molar-refractivity contribution in [1.82, 2.24) is 20.4 Å². The van der Waals surface area contributed by atoms with Crippen molar-refractivity contribution >= 4 is 23.6 Å². The monoisotopic (exact) mass is 456 g/mol. The van der Waals surface area contributed by atoms with Crippen LogP contribution in [0.3, 0.4) is 0 Å². The molecule has 1 heterocycles. The molecule has 1 aliphatic rings. The Bertz CT molecular complexity index is 905. The number of aromatic nitrogens is 2. The minimum absolute atomic E-state index is 0.0364. The van der Waals surface area contributed by atoms with Gasteiger partial charge in [-0.2, -0.15) is 5.10 Å². The summed E-state index contributed by atoms with van der Waals surface area (Å²) in [5.41, 5.74) is 2.76. The van der Waals surface area contributed by atoms with E-state index in [1.165, 1.54) is 43.9 Å². The second-order valence-corrected chi connectivity index (χ2v) is 10.0. The lowest BCUT2D eigenvalue weighted by atomic mass is 9.89. The van der Waals surface area contributed by atoms with Crippen LogP contribution in [-0.4, -0.2) is 40.4 Å². The van der Waals surface area contributed by atoms with E-state index in [0.717, 1.165) is 29.4 Å². The van der Waals surface area contributed by atoms with Crippen molar-refractivity contribution in [1.29, 1.82) is 0 Å². The van der Waals surface area contributed by atoms with Crippen molar-refractivity contribution in [2.24, 2.45) is 11.8 Å². The van der Waals surface area contributed by atoms with Gasteiger partial charge in [-0.15, -0.1) is 11.8 Å². The van der Waals surface area contributed by atoms with Crippen molar-refractivity contribution in [2.75, 3.05) is 18.8 Å². The molecule has 1 aliphatic carbocycles. The van der Waals surface area contributed by atoms with Crippen molar-refractivity contribution in [3.8, 4) is 0 Å². The van der Waals surface area contributed by atoms with Crippen LogP contribution in [0.4, 0.5) is 0 Å². The molecular formula is C25H36N4O2S. The number of amides is 2. The number of aryl methyl sites for hydroxylation is 2. The maximum absolute atomic E-state index is 12.8. The third-order valence-corrected chi connectivity index (χ3v) is 7.08. The van der Waals surface area contributed by atoms with Crippen LogP contribution >= 0.6 is 11.8 Å². The summed E-state index contributed by atoms with van der Waals surface area (Å²) in [6.45, 7) is 8.24. The molecule has 6 nitrogen and oxygen atoms in total. The largest absolute Gasteiger partial charge is 0.355 e. The molecule has 32 heavy (non-hydrogen) atoms. The summed E-state index contributed by atoms with van der Waals surface area (Å²) < 4.78 is 1.99. The van der Waals surface area contributed by atoms with Crippen LogP contribution in [-0.2, 0) is 11.3 Å². The molecule has 2 N–H and O–H groups in total. The summed E-state index contributed by atoms with van der Waals surface area (Å²) in [6, 6.07) is 9.56. The lowest BCUT2D eigenvalue weighted by molar-refractivity contribution is -0.118. The van der Waals surface area contributed by atoms with Gasteiger partial charge in [-0.1, -0.05) is 38.3 Å². The Morgan fingerprint density at radius 3 is 2.62 bits per heavy atom. The van der Waals surface area contributed by atoms with Crippen molar-refractivity contribution in [3.63, 3.8) is 0 Å². The highest BCUT2D eigenvalue weighted by atomic mass is 32.2. The predicted octanol–water partition coefficient (Wildman–Crippen LogP) is 4.35. The summed E-state index contributed by atoms with van der Waals surface area (Å²) in [5.74, 6) is 1.13. The molecule has 0 spiro atoms. The third-order valence-electron chi connectivity index (χ3n) is 6.00. The Hall–Kier alpha value is -2.28. The fraction of sp³-hybridized carbons (Fsp3) is 0.560. The van der Waals surface area contributed by atoms with Gasteiger partial charge in [0.15, 0.2) is 0 Å². The number of carbonyl (C=O) groups is 2. The Balaban J connectivity index is 1.46. The Morgan fingerprint density at radius 2 is 1.91 bits per heavy atom. The van der Waals surface area contributed by atoms with E-state index in [0.29, 0.717) is 23.8 Å².